The third-order valence-corrected chi connectivity index (χ3v) is 6.79. The van der Waals surface area contributed by atoms with Crippen LogP contribution in [0.15, 0.2) is 103 Å². The Hall–Kier alpha value is -4.02. The van der Waals surface area contributed by atoms with Crippen LogP contribution in [0, 0.1) is 0 Å². The molecule has 4 aromatic carbocycles. The Morgan fingerprint density at radius 1 is 0.784 bits per heavy atom. The molecular weight excluding hydrogens is 458 g/mol. The molecule has 4 aromatic rings. The van der Waals surface area contributed by atoms with Gasteiger partial charge in [0.05, 0.1) is 13.2 Å². The van der Waals surface area contributed by atoms with Gasteiger partial charge < -0.3 is 14.2 Å². The fraction of sp³-hybridized carbons (Fsp3) is 0.212. The van der Waals surface area contributed by atoms with Crippen LogP contribution in [0.4, 0.5) is 0 Å². The molecule has 0 saturated carbocycles. The lowest BCUT2D eigenvalue weighted by atomic mass is 9.91. The minimum Gasteiger partial charge on any atom is -0.493 e. The van der Waals surface area contributed by atoms with Crippen molar-refractivity contribution in [3.05, 3.63) is 131 Å². The van der Waals surface area contributed by atoms with E-state index >= 15 is 0 Å². The molecule has 4 nitrogen and oxygen atoms in total. The van der Waals surface area contributed by atoms with E-state index in [9.17, 15) is 0 Å². The molecule has 1 aliphatic heterocycles. The van der Waals surface area contributed by atoms with E-state index < -0.39 is 0 Å². The highest BCUT2D eigenvalue weighted by Gasteiger charge is 2.25. The predicted octanol–water partition coefficient (Wildman–Crippen LogP) is 7.10. The van der Waals surface area contributed by atoms with Crippen molar-refractivity contribution in [1.82, 2.24) is 4.90 Å². The summed E-state index contributed by atoms with van der Waals surface area (Å²) < 4.78 is 17.8. The molecular formula is C33H33NO3. The molecule has 4 heteroatoms. The number of hydrogen-bond donors (Lipinski definition) is 0. The molecule has 0 aliphatic carbocycles. The number of methoxy groups -OCH3 is 1. The first-order chi connectivity index (χ1) is 18.2. The third kappa shape index (κ3) is 6.22. The van der Waals surface area contributed by atoms with Crippen molar-refractivity contribution in [2.75, 3.05) is 20.7 Å². The first-order valence-electron chi connectivity index (χ1n) is 12.7. The van der Waals surface area contributed by atoms with Gasteiger partial charge in [0.2, 0.25) is 0 Å². The molecule has 0 N–H and O–H groups in total. The van der Waals surface area contributed by atoms with Crippen molar-refractivity contribution in [1.29, 1.82) is 0 Å². The zero-order chi connectivity index (χ0) is 25.5. The van der Waals surface area contributed by atoms with Crippen LogP contribution in [0.1, 0.15) is 33.9 Å². The Morgan fingerprint density at radius 2 is 1.43 bits per heavy atom. The van der Waals surface area contributed by atoms with E-state index in [1.54, 1.807) is 7.11 Å². The van der Waals surface area contributed by atoms with Gasteiger partial charge in [-0.05, 0) is 65.6 Å². The molecule has 0 radical (unpaired) electrons. The summed E-state index contributed by atoms with van der Waals surface area (Å²) in [5, 5.41) is 0. The van der Waals surface area contributed by atoms with Crippen LogP contribution in [0.25, 0.3) is 6.08 Å². The molecule has 1 heterocycles. The van der Waals surface area contributed by atoms with Crippen LogP contribution in [0.5, 0.6) is 17.2 Å². The van der Waals surface area contributed by atoms with Gasteiger partial charge in [-0.1, -0.05) is 84.9 Å². The average molecular weight is 492 g/mol. The molecule has 5 rings (SSSR count). The molecule has 0 bridgehead atoms. The van der Waals surface area contributed by atoms with E-state index in [0.29, 0.717) is 13.2 Å². The largest absolute Gasteiger partial charge is 0.493 e. The lowest BCUT2D eigenvalue weighted by Crippen LogP contribution is -2.31. The van der Waals surface area contributed by atoms with Gasteiger partial charge in [0.15, 0.2) is 11.5 Å². The monoisotopic (exact) mass is 491 g/mol. The zero-order valence-electron chi connectivity index (χ0n) is 21.5. The van der Waals surface area contributed by atoms with E-state index in [2.05, 4.69) is 72.6 Å². The van der Waals surface area contributed by atoms with Crippen molar-refractivity contribution in [2.45, 2.75) is 25.7 Å². The van der Waals surface area contributed by atoms with Crippen molar-refractivity contribution in [3.8, 4) is 17.2 Å². The minimum atomic E-state index is 0.155. The number of hydrogen-bond acceptors (Lipinski definition) is 4. The number of likely N-dealkylation sites (N-methyl/N-ethyl adjacent to an activating group) is 1. The van der Waals surface area contributed by atoms with Crippen molar-refractivity contribution in [3.63, 3.8) is 0 Å². The van der Waals surface area contributed by atoms with Crippen LogP contribution in [0.3, 0.4) is 0 Å². The molecule has 0 fully saturated rings. The number of ether oxygens (including phenoxy) is 3. The van der Waals surface area contributed by atoms with Gasteiger partial charge in [-0.2, -0.15) is 0 Å². The van der Waals surface area contributed by atoms with Gasteiger partial charge in [0, 0.05) is 6.54 Å². The van der Waals surface area contributed by atoms with Crippen molar-refractivity contribution >= 4 is 6.08 Å². The summed E-state index contributed by atoms with van der Waals surface area (Å²) in [6, 6.07) is 33.1. The van der Waals surface area contributed by atoms with Gasteiger partial charge >= 0.3 is 0 Å². The maximum Gasteiger partial charge on any atom is 0.162 e. The topological polar surface area (TPSA) is 30.9 Å². The summed E-state index contributed by atoms with van der Waals surface area (Å²) in [4.78, 5) is 2.38. The van der Waals surface area contributed by atoms with Gasteiger partial charge in [-0.15, -0.1) is 0 Å². The summed E-state index contributed by atoms with van der Waals surface area (Å²) >= 11 is 0. The van der Waals surface area contributed by atoms with Crippen LogP contribution >= 0.6 is 0 Å². The molecule has 1 aliphatic rings. The number of nitrogens with zero attached hydrogens (tertiary/aromatic N) is 1. The van der Waals surface area contributed by atoms with E-state index in [-0.39, 0.29) is 6.04 Å². The Labute approximate surface area is 219 Å². The van der Waals surface area contributed by atoms with Crippen LogP contribution in [0.2, 0.25) is 0 Å². The molecule has 0 saturated heterocycles. The molecule has 37 heavy (non-hydrogen) atoms. The van der Waals surface area contributed by atoms with Crippen LogP contribution < -0.4 is 14.2 Å². The Kier molecular flexibility index (Phi) is 7.87. The van der Waals surface area contributed by atoms with E-state index in [1.807, 2.05) is 48.5 Å². The summed E-state index contributed by atoms with van der Waals surface area (Å²) in [7, 11) is 3.88. The lowest BCUT2D eigenvalue weighted by Gasteiger charge is -2.33. The maximum atomic E-state index is 6.21. The predicted molar refractivity (Wildman–Crippen MR) is 149 cm³/mol. The molecule has 0 aromatic heterocycles. The highest BCUT2D eigenvalue weighted by molar-refractivity contribution is 5.55. The summed E-state index contributed by atoms with van der Waals surface area (Å²) in [5.74, 6) is 2.43. The smallest absolute Gasteiger partial charge is 0.162 e. The van der Waals surface area contributed by atoms with E-state index in [4.69, 9.17) is 14.2 Å². The number of benzene rings is 4. The van der Waals surface area contributed by atoms with Gasteiger partial charge in [-0.3, -0.25) is 4.90 Å². The Balaban J connectivity index is 1.31. The molecule has 1 atom stereocenters. The average Bonchev–Trinajstić information content (AvgIpc) is 2.95. The van der Waals surface area contributed by atoms with Crippen molar-refractivity contribution in [2.24, 2.45) is 0 Å². The second-order valence-electron chi connectivity index (χ2n) is 9.35. The van der Waals surface area contributed by atoms with Gasteiger partial charge in [-0.25, -0.2) is 0 Å². The summed E-state index contributed by atoms with van der Waals surface area (Å²) in [5.41, 5.74) is 6.00. The normalized spacial score (nSPS) is 15.4. The van der Waals surface area contributed by atoms with Gasteiger partial charge in [0.25, 0.3) is 0 Å². The molecule has 188 valence electrons. The molecule has 0 spiro atoms. The minimum absolute atomic E-state index is 0.155. The zero-order valence-corrected chi connectivity index (χ0v) is 21.5. The second-order valence-corrected chi connectivity index (χ2v) is 9.35. The fourth-order valence-electron chi connectivity index (χ4n) is 4.66. The SMILES string of the molecule is COc1cc2c(cc1OCc1ccccc1)[C@H](C=Cc1ccc(OCc3ccccc3)cc1)N(C)CC2. The lowest BCUT2D eigenvalue weighted by molar-refractivity contribution is 0.263. The Bertz CT molecular complexity index is 1320. The first kappa shape index (κ1) is 24.7. The third-order valence-electron chi connectivity index (χ3n) is 6.79. The van der Waals surface area contributed by atoms with E-state index in [1.165, 1.54) is 11.1 Å². The number of fused-ring (bicyclic) bond motifs is 1. The maximum absolute atomic E-state index is 6.21. The quantitative estimate of drug-likeness (QED) is 0.250. The second kappa shape index (κ2) is 11.8. The Morgan fingerprint density at radius 3 is 2.08 bits per heavy atom. The van der Waals surface area contributed by atoms with Crippen LogP contribution in [-0.4, -0.2) is 25.6 Å². The highest BCUT2D eigenvalue weighted by atomic mass is 16.5. The van der Waals surface area contributed by atoms with E-state index in [0.717, 1.165) is 46.9 Å². The first-order valence-corrected chi connectivity index (χ1v) is 12.7. The molecule has 0 amide bonds. The van der Waals surface area contributed by atoms with Gasteiger partial charge in [0.1, 0.15) is 19.0 Å². The van der Waals surface area contributed by atoms with Crippen molar-refractivity contribution < 1.29 is 14.2 Å². The molecule has 0 unspecified atom stereocenters. The standard InChI is InChI=1S/C33H33NO3/c1-34-20-19-28-21-32(35-2)33(37-24-27-11-7-4-8-12-27)22-30(28)31(34)18-15-25-13-16-29(17-14-25)36-23-26-9-5-3-6-10-26/h3-18,21-22,31H,19-20,23-24H2,1-2H3/t31-/m0/s1. The highest BCUT2D eigenvalue weighted by Crippen LogP contribution is 2.39. The van der Waals surface area contributed by atoms with Crippen LogP contribution in [-0.2, 0) is 19.6 Å². The summed E-state index contributed by atoms with van der Waals surface area (Å²) in [6.07, 6.45) is 5.44. The fourth-order valence-corrected chi connectivity index (χ4v) is 4.66. The number of rotatable bonds is 9. The summed E-state index contributed by atoms with van der Waals surface area (Å²) in [6.45, 7) is 2.06.